The van der Waals surface area contributed by atoms with Gasteiger partial charge in [-0.2, -0.15) is 5.10 Å². The van der Waals surface area contributed by atoms with Crippen molar-refractivity contribution in [2.45, 2.75) is 13.3 Å². The summed E-state index contributed by atoms with van der Waals surface area (Å²) in [4.78, 5) is 17.3. The first-order valence-corrected chi connectivity index (χ1v) is 8.40. The summed E-state index contributed by atoms with van der Waals surface area (Å²) >= 11 is 11.9. The maximum Gasteiger partial charge on any atom is 0.271 e. The lowest BCUT2D eigenvalue weighted by molar-refractivity contribution is 0.0955. The molecule has 0 aliphatic rings. The highest BCUT2D eigenvalue weighted by atomic mass is 35.5. The normalized spacial score (nSPS) is 11.6. The van der Waals surface area contributed by atoms with Gasteiger partial charge in [-0.25, -0.2) is 5.43 Å². The van der Waals surface area contributed by atoms with Crippen molar-refractivity contribution in [2.75, 3.05) is 6.61 Å². The van der Waals surface area contributed by atoms with Gasteiger partial charge in [0.25, 0.3) is 5.91 Å². The number of carbonyl (C=O) groups is 1. The smallest absolute Gasteiger partial charge is 0.271 e. The van der Waals surface area contributed by atoms with E-state index in [0.29, 0.717) is 33.5 Å². The Balaban J connectivity index is 2.20. The van der Waals surface area contributed by atoms with E-state index in [1.54, 1.807) is 42.5 Å². The summed E-state index contributed by atoms with van der Waals surface area (Å²) in [6.07, 6.45) is 2.27. The number of nitrogens with zero attached hydrogens (tertiary/aromatic N) is 2. The molecule has 7 heteroatoms. The maximum absolute atomic E-state index is 12.2. The van der Waals surface area contributed by atoms with Gasteiger partial charge in [-0.3, -0.25) is 4.79 Å². The zero-order valence-electron chi connectivity index (χ0n) is 13.6. The number of benzene rings is 2. The maximum atomic E-state index is 12.2. The van der Waals surface area contributed by atoms with Crippen molar-refractivity contribution in [1.29, 1.82) is 0 Å². The molecule has 0 bridgehead atoms. The number of amides is 1. The third-order valence-electron chi connectivity index (χ3n) is 3.03. The summed E-state index contributed by atoms with van der Waals surface area (Å²) in [5.41, 5.74) is 4.00. The van der Waals surface area contributed by atoms with Crippen LogP contribution in [-0.2, 0) is 4.84 Å². The Bertz CT molecular complexity index is 791. The minimum atomic E-state index is -0.384. The van der Waals surface area contributed by atoms with E-state index in [9.17, 15) is 4.79 Å². The summed E-state index contributed by atoms with van der Waals surface area (Å²) in [6, 6.07) is 13.7. The predicted octanol–water partition coefficient (Wildman–Crippen LogP) is 4.54. The highest BCUT2D eigenvalue weighted by Gasteiger charge is 2.07. The van der Waals surface area contributed by atoms with E-state index >= 15 is 0 Å². The van der Waals surface area contributed by atoms with Gasteiger partial charge in [0.05, 0.1) is 6.21 Å². The fourth-order valence-electron chi connectivity index (χ4n) is 1.85. The topological polar surface area (TPSA) is 63.1 Å². The third kappa shape index (κ3) is 6.21. The first kappa shape index (κ1) is 19.0. The van der Waals surface area contributed by atoms with Crippen LogP contribution in [0, 0.1) is 0 Å². The molecule has 0 radical (unpaired) electrons. The molecule has 1 N–H and O–H groups in total. The average Bonchev–Trinajstić information content (AvgIpc) is 2.61. The summed E-state index contributed by atoms with van der Waals surface area (Å²) in [5.74, 6) is -0.384. The zero-order chi connectivity index (χ0) is 18.1. The molecule has 0 aliphatic carbocycles. The molecule has 2 aromatic carbocycles. The van der Waals surface area contributed by atoms with Crippen LogP contribution in [0.25, 0.3) is 0 Å². The molecule has 130 valence electrons. The predicted molar refractivity (Wildman–Crippen MR) is 102 cm³/mol. The SMILES string of the molecule is CCCON=CC(=NNC(=O)c1cccc(Cl)c1)c1cccc(Cl)c1. The van der Waals surface area contributed by atoms with Gasteiger partial charge in [0, 0.05) is 21.2 Å². The van der Waals surface area contributed by atoms with Gasteiger partial charge in [0.2, 0.25) is 0 Å². The van der Waals surface area contributed by atoms with Gasteiger partial charge in [0.15, 0.2) is 0 Å². The average molecular weight is 378 g/mol. The first-order chi connectivity index (χ1) is 12.1. The van der Waals surface area contributed by atoms with Gasteiger partial charge < -0.3 is 4.84 Å². The number of hydrazone groups is 1. The molecule has 0 unspecified atom stereocenters. The van der Waals surface area contributed by atoms with Crippen LogP contribution in [-0.4, -0.2) is 24.4 Å². The summed E-state index contributed by atoms with van der Waals surface area (Å²) < 4.78 is 0. The lowest BCUT2D eigenvalue weighted by Crippen LogP contribution is -2.20. The number of halogens is 2. The van der Waals surface area contributed by atoms with Gasteiger partial charge in [-0.1, -0.05) is 53.5 Å². The van der Waals surface area contributed by atoms with Gasteiger partial charge in [-0.05, 0) is 36.8 Å². The molecule has 0 spiro atoms. The molecule has 0 atom stereocenters. The van der Waals surface area contributed by atoms with Crippen LogP contribution in [0.5, 0.6) is 0 Å². The van der Waals surface area contributed by atoms with E-state index in [1.165, 1.54) is 6.21 Å². The van der Waals surface area contributed by atoms with Gasteiger partial charge in [0.1, 0.15) is 12.3 Å². The summed E-state index contributed by atoms with van der Waals surface area (Å²) in [5, 5.41) is 9.01. The van der Waals surface area contributed by atoms with Crippen molar-refractivity contribution in [1.82, 2.24) is 5.43 Å². The van der Waals surface area contributed by atoms with Crippen molar-refractivity contribution >= 4 is 41.0 Å². The Morgan fingerprint density at radius 1 is 1.12 bits per heavy atom. The standard InChI is InChI=1S/C18H17Cl2N3O2/c1-2-9-25-21-12-17(13-5-3-7-15(19)10-13)22-23-18(24)14-6-4-8-16(20)11-14/h3-8,10-12H,2,9H2,1H3,(H,23,24). The number of rotatable bonds is 7. The minimum Gasteiger partial charge on any atom is -0.396 e. The van der Waals surface area contributed by atoms with Crippen molar-refractivity contribution in [3.63, 3.8) is 0 Å². The Hall–Kier alpha value is -2.37. The molecule has 0 fully saturated rings. The van der Waals surface area contributed by atoms with Crippen molar-refractivity contribution < 1.29 is 9.63 Å². The minimum absolute atomic E-state index is 0.384. The van der Waals surface area contributed by atoms with Crippen LogP contribution < -0.4 is 5.43 Å². The molecule has 25 heavy (non-hydrogen) atoms. The molecule has 0 saturated carbocycles. The molecular formula is C18H17Cl2N3O2. The number of hydrogen-bond acceptors (Lipinski definition) is 4. The Labute approximate surface area is 156 Å². The van der Waals surface area contributed by atoms with Crippen LogP contribution >= 0.6 is 23.2 Å². The monoisotopic (exact) mass is 377 g/mol. The number of oxime groups is 1. The molecule has 0 heterocycles. The molecule has 5 nitrogen and oxygen atoms in total. The second-order valence-electron chi connectivity index (χ2n) is 5.03. The van der Waals surface area contributed by atoms with E-state index in [4.69, 9.17) is 28.0 Å². The van der Waals surface area contributed by atoms with Crippen LogP contribution in [0.3, 0.4) is 0 Å². The molecule has 2 aromatic rings. The molecular weight excluding hydrogens is 361 g/mol. The summed E-state index contributed by atoms with van der Waals surface area (Å²) in [6.45, 7) is 2.47. The first-order valence-electron chi connectivity index (χ1n) is 7.65. The van der Waals surface area contributed by atoms with Crippen LogP contribution in [0.15, 0.2) is 58.8 Å². The molecule has 1 amide bonds. The van der Waals surface area contributed by atoms with Crippen LogP contribution in [0.1, 0.15) is 29.3 Å². The van der Waals surface area contributed by atoms with E-state index in [1.807, 2.05) is 13.0 Å². The fourth-order valence-corrected chi connectivity index (χ4v) is 2.23. The van der Waals surface area contributed by atoms with Gasteiger partial charge in [-0.15, -0.1) is 0 Å². The van der Waals surface area contributed by atoms with Crippen LogP contribution in [0.4, 0.5) is 0 Å². The lowest BCUT2D eigenvalue weighted by atomic mass is 10.1. The highest BCUT2D eigenvalue weighted by molar-refractivity contribution is 6.39. The molecule has 0 saturated heterocycles. The van der Waals surface area contributed by atoms with E-state index < -0.39 is 0 Å². The van der Waals surface area contributed by atoms with Crippen molar-refractivity contribution in [3.05, 3.63) is 69.7 Å². The zero-order valence-corrected chi connectivity index (χ0v) is 15.1. The Kier molecular flexibility index (Phi) is 7.44. The largest absolute Gasteiger partial charge is 0.396 e. The Morgan fingerprint density at radius 3 is 2.40 bits per heavy atom. The second kappa shape index (κ2) is 9.81. The lowest BCUT2D eigenvalue weighted by Gasteiger charge is -2.04. The van der Waals surface area contributed by atoms with Crippen LogP contribution in [0.2, 0.25) is 10.0 Å². The van der Waals surface area contributed by atoms with E-state index in [2.05, 4.69) is 15.7 Å². The van der Waals surface area contributed by atoms with E-state index in [0.717, 1.165) is 6.42 Å². The fraction of sp³-hybridized carbons (Fsp3) is 0.167. The van der Waals surface area contributed by atoms with Gasteiger partial charge >= 0.3 is 0 Å². The molecule has 0 aromatic heterocycles. The van der Waals surface area contributed by atoms with Crippen molar-refractivity contribution in [3.8, 4) is 0 Å². The Morgan fingerprint density at radius 2 is 1.76 bits per heavy atom. The van der Waals surface area contributed by atoms with Crippen molar-refractivity contribution in [2.24, 2.45) is 10.3 Å². The molecule has 2 rings (SSSR count). The number of carbonyl (C=O) groups excluding carboxylic acids is 1. The number of nitrogens with one attached hydrogen (secondary N) is 1. The van der Waals surface area contributed by atoms with E-state index in [-0.39, 0.29) is 5.91 Å². The summed E-state index contributed by atoms with van der Waals surface area (Å²) in [7, 11) is 0. The quantitative estimate of drug-likeness (QED) is 0.437. The third-order valence-corrected chi connectivity index (χ3v) is 3.50. The second-order valence-corrected chi connectivity index (χ2v) is 5.90. The highest BCUT2D eigenvalue weighted by Crippen LogP contribution is 2.12. The number of hydrogen-bond donors (Lipinski definition) is 1. The molecule has 0 aliphatic heterocycles.